The van der Waals surface area contributed by atoms with Crippen LogP contribution in [-0.2, 0) is 22.4 Å². The van der Waals surface area contributed by atoms with E-state index in [-0.39, 0.29) is 12.5 Å². The summed E-state index contributed by atoms with van der Waals surface area (Å²) in [4.78, 5) is 32.0. The van der Waals surface area contributed by atoms with Gasteiger partial charge in [0.05, 0.1) is 32.4 Å². The molecule has 0 saturated carbocycles. The van der Waals surface area contributed by atoms with Crippen LogP contribution in [0.1, 0.15) is 34.5 Å². The molecule has 0 atom stereocenters. The molecule has 0 spiro atoms. The maximum Gasteiger partial charge on any atom is 0.273 e. The second-order valence-corrected chi connectivity index (χ2v) is 7.94. The average molecular weight is 440 g/mol. The van der Waals surface area contributed by atoms with E-state index >= 15 is 0 Å². The third kappa shape index (κ3) is 5.54. The van der Waals surface area contributed by atoms with Crippen molar-refractivity contribution in [3.05, 3.63) is 47.2 Å². The molecule has 1 saturated heterocycles. The molecule has 1 aliphatic carbocycles. The summed E-state index contributed by atoms with van der Waals surface area (Å²) in [6.45, 7) is 2.84. The van der Waals surface area contributed by atoms with Gasteiger partial charge in [-0.15, -0.1) is 0 Å². The summed E-state index contributed by atoms with van der Waals surface area (Å²) < 4.78 is 10.5. The van der Waals surface area contributed by atoms with Crippen molar-refractivity contribution in [2.24, 2.45) is 0 Å². The largest absolute Gasteiger partial charge is 0.497 e. The third-order valence-corrected chi connectivity index (χ3v) is 5.68. The van der Waals surface area contributed by atoms with Crippen molar-refractivity contribution in [2.45, 2.75) is 25.7 Å². The summed E-state index contributed by atoms with van der Waals surface area (Å²) in [5, 5.41) is 3.25. The van der Waals surface area contributed by atoms with Crippen molar-refractivity contribution in [3.63, 3.8) is 0 Å². The smallest absolute Gasteiger partial charge is 0.273 e. The Morgan fingerprint density at radius 2 is 1.84 bits per heavy atom. The van der Waals surface area contributed by atoms with Crippen molar-refractivity contribution in [3.8, 4) is 5.75 Å². The standard InChI is InChI=1S/C23H29N5O4/c1-31-18-8-6-17(7-9-18)24-22-19(14-16-4-2-3-5-20(16)25-22)23(30)27-26-21(29)15-28-10-12-32-13-11-28/h6-9,14H,2-5,10-13,15H2,1H3,(H,24,25)(H,26,29)(H,27,30). The Hall–Kier alpha value is -3.17. The lowest BCUT2D eigenvalue weighted by Gasteiger charge is -2.25. The van der Waals surface area contributed by atoms with Gasteiger partial charge in [0.25, 0.3) is 11.8 Å². The minimum atomic E-state index is -0.405. The summed E-state index contributed by atoms with van der Waals surface area (Å²) in [6, 6.07) is 9.30. The minimum absolute atomic E-state index is 0.211. The van der Waals surface area contributed by atoms with E-state index in [1.807, 2.05) is 35.2 Å². The van der Waals surface area contributed by atoms with Gasteiger partial charge in [-0.3, -0.25) is 25.3 Å². The number of hydrogen-bond acceptors (Lipinski definition) is 7. The maximum atomic E-state index is 13.0. The second kappa shape index (κ2) is 10.4. The zero-order valence-electron chi connectivity index (χ0n) is 18.3. The summed E-state index contributed by atoms with van der Waals surface area (Å²) in [5.74, 6) is 0.540. The molecule has 2 aliphatic rings. The molecule has 9 nitrogen and oxygen atoms in total. The lowest BCUT2D eigenvalue weighted by molar-refractivity contribution is -0.124. The Morgan fingerprint density at radius 1 is 1.09 bits per heavy atom. The molecular formula is C23H29N5O4. The van der Waals surface area contributed by atoms with Crippen LogP contribution in [0, 0.1) is 0 Å². The van der Waals surface area contributed by atoms with Crippen LogP contribution < -0.4 is 20.9 Å². The number of benzene rings is 1. The number of morpholine rings is 1. The Labute approximate surface area is 187 Å². The Balaban J connectivity index is 1.47. The van der Waals surface area contributed by atoms with Crippen LogP contribution in [0.15, 0.2) is 30.3 Å². The highest BCUT2D eigenvalue weighted by atomic mass is 16.5. The van der Waals surface area contributed by atoms with Gasteiger partial charge >= 0.3 is 0 Å². The van der Waals surface area contributed by atoms with Crippen LogP contribution in [0.25, 0.3) is 0 Å². The molecule has 170 valence electrons. The van der Waals surface area contributed by atoms with Gasteiger partial charge in [0, 0.05) is 24.5 Å². The first kappa shape index (κ1) is 22.0. The predicted octanol–water partition coefficient (Wildman–Crippen LogP) is 1.81. The van der Waals surface area contributed by atoms with Crippen molar-refractivity contribution in [1.29, 1.82) is 0 Å². The maximum absolute atomic E-state index is 13.0. The number of rotatable bonds is 6. The molecule has 1 aromatic carbocycles. The van der Waals surface area contributed by atoms with Crippen LogP contribution >= 0.6 is 0 Å². The fourth-order valence-corrected chi connectivity index (χ4v) is 3.91. The second-order valence-electron chi connectivity index (χ2n) is 7.94. The first-order valence-corrected chi connectivity index (χ1v) is 11.0. The number of carbonyl (C=O) groups excluding carboxylic acids is 2. The topological polar surface area (TPSA) is 105 Å². The highest BCUT2D eigenvalue weighted by Crippen LogP contribution is 2.27. The molecule has 1 fully saturated rings. The molecule has 1 aliphatic heterocycles. The number of hydrazine groups is 1. The lowest BCUT2D eigenvalue weighted by Crippen LogP contribution is -2.48. The van der Waals surface area contributed by atoms with Gasteiger partial charge in [-0.25, -0.2) is 4.98 Å². The number of anilines is 2. The summed E-state index contributed by atoms with van der Waals surface area (Å²) >= 11 is 0. The number of methoxy groups -OCH3 is 1. The van der Waals surface area contributed by atoms with Gasteiger partial charge in [-0.05, 0) is 61.6 Å². The zero-order chi connectivity index (χ0) is 22.3. The molecule has 0 unspecified atom stereocenters. The van der Waals surface area contributed by atoms with E-state index in [9.17, 15) is 9.59 Å². The normalized spacial score (nSPS) is 16.0. The van der Waals surface area contributed by atoms with E-state index in [4.69, 9.17) is 14.5 Å². The van der Waals surface area contributed by atoms with Gasteiger partial charge in [-0.1, -0.05) is 0 Å². The van der Waals surface area contributed by atoms with E-state index in [2.05, 4.69) is 16.2 Å². The third-order valence-electron chi connectivity index (χ3n) is 5.68. The number of hydrogen-bond donors (Lipinski definition) is 3. The number of aromatic nitrogens is 1. The molecule has 9 heteroatoms. The first-order chi connectivity index (χ1) is 15.6. The van der Waals surface area contributed by atoms with Crippen molar-refractivity contribution < 1.29 is 19.1 Å². The number of carbonyl (C=O) groups is 2. The Kier molecular flexibility index (Phi) is 7.18. The van der Waals surface area contributed by atoms with Crippen LogP contribution in [0.3, 0.4) is 0 Å². The Bertz CT molecular complexity index is 958. The van der Waals surface area contributed by atoms with Gasteiger partial charge < -0.3 is 14.8 Å². The van der Waals surface area contributed by atoms with Crippen molar-refractivity contribution in [2.75, 3.05) is 45.3 Å². The molecule has 2 aromatic rings. The number of nitrogens with zero attached hydrogens (tertiary/aromatic N) is 2. The molecule has 0 radical (unpaired) electrons. The number of amides is 2. The number of nitrogens with one attached hydrogen (secondary N) is 3. The fraction of sp³-hybridized carbons (Fsp3) is 0.435. The molecule has 2 amide bonds. The number of ether oxygens (including phenoxy) is 2. The number of fused-ring (bicyclic) bond motifs is 1. The van der Waals surface area contributed by atoms with Gasteiger partial charge in [0.1, 0.15) is 11.6 Å². The monoisotopic (exact) mass is 439 g/mol. The van der Waals surface area contributed by atoms with Crippen LogP contribution in [0.4, 0.5) is 11.5 Å². The minimum Gasteiger partial charge on any atom is -0.497 e. The molecule has 2 heterocycles. The van der Waals surface area contributed by atoms with E-state index in [1.54, 1.807) is 7.11 Å². The number of pyridine rings is 1. The van der Waals surface area contributed by atoms with Crippen LogP contribution in [0.5, 0.6) is 5.75 Å². The highest BCUT2D eigenvalue weighted by molar-refractivity contribution is 6.00. The SMILES string of the molecule is COc1ccc(Nc2nc3c(cc2C(=O)NNC(=O)CN2CCOCC2)CCCC3)cc1. The van der Waals surface area contributed by atoms with Gasteiger partial charge in [0.2, 0.25) is 0 Å². The van der Waals surface area contributed by atoms with E-state index in [1.165, 1.54) is 0 Å². The summed E-state index contributed by atoms with van der Waals surface area (Å²) in [7, 11) is 1.61. The summed E-state index contributed by atoms with van der Waals surface area (Å²) in [5.41, 5.74) is 8.35. The van der Waals surface area contributed by atoms with Crippen LogP contribution in [-0.4, -0.2) is 61.7 Å². The number of aryl methyl sites for hydroxylation is 2. The van der Waals surface area contributed by atoms with E-state index in [0.29, 0.717) is 37.7 Å². The predicted molar refractivity (Wildman–Crippen MR) is 120 cm³/mol. The first-order valence-electron chi connectivity index (χ1n) is 11.0. The zero-order valence-corrected chi connectivity index (χ0v) is 18.3. The van der Waals surface area contributed by atoms with Crippen molar-refractivity contribution >= 4 is 23.3 Å². The fourth-order valence-electron chi connectivity index (χ4n) is 3.91. The molecule has 0 bridgehead atoms. The van der Waals surface area contributed by atoms with Crippen molar-refractivity contribution in [1.82, 2.24) is 20.7 Å². The van der Waals surface area contributed by atoms with Gasteiger partial charge in [0.15, 0.2) is 0 Å². The average Bonchev–Trinajstić information content (AvgIpc) is 2.83. The molecule has 32 heavy (non-hydrogen) atoms. The quantitative estimate of drug-likeness (QED) is 0.590. The van der Waals surface area contributed by atoms with Gasteiger partial charge in [-0.2, -0.15) is 0 Å². The van der Waals surface area contributed by atoms with E-state index < -0.39 is 5.91 Å². The van der Waals surface area contributed by atoms with E-state index in [0.717, 1.165) is 48.4 Å². The highest BCUT2D eigenvalue weighted by Gasteiger charge is 2.21. The Morgan fingerprint density at radius 3 is 2.59 bits per heavy atom. The molecular weight excluding hydrogens is 410 g/mol. The molecule has 1 aromatic heterocycles. The summed E-state index contributed by atoms with van der Waals surface area (Å²) in [6.07, 6.45) is 3.96. The van der Waals surface area contributed by atoms with Crippen LogP contribution in [0.2, 0.25) is 0 Å². The molecule has 4 rings (SSSR count). The molecule has 3 N–H and O–H groups in total. The lowest BCUT2D eigenvalue weighted by atomic mass is 9.94.